The zero-order chi connectivity index (χ0) is 32.8. The van der Waals surface area contributed by atoms with Crippen molar-refractivity contribution < 1.29 is 32.3 Å². The predicted molar refractivity (Wildman–Crippen MR) is 177 cm³/mol. The van der Waals surface area contributed by atoms with Crippen LogP contribution >= 0.6 is 11.6 Å². The normalized spacial score (nSPS) is 27.3. The van der Waals surface area contributed by atoms with Crippen LogP contribution in [0, 0.1) is 17.8 Å². The van der Waals surface area contributed by atoms with E-state index in [-0.39, 0.29) is 41.9 Å². The van der Waals surface area contributed by atoms with E-state index in [2.05, 4.69) is 15.1 Å². The van der Waals surface area contributed by atoms with Crippen LogP contribution in [0.4, 0.5) is 5.69 Å². The van der Waals surface area contributed by atoms with Crippen molar-refractivity contribution in [2.75, 3.05) is 31.7 Å². The molecule has 2 N–H and O–H groups in total. The monoisotopic (exact) mass is 673 g/mol. The highest BCUT2D eigenvalue weighted by Crippen LogP contribution is 2.42. The van der Waals surface area contributed by atoms with Crippen LogP contribution in [-0.2, 0) is 37.4 Å². The van der Waals surface area contributed by atoms with E-state index in [4.69, 9.17) is 25.9 Å². The van der Waals surface area contributed by atoms with Crippen LogP contribution in [0.2, 0.25) is 5.02 Å². The summed E-state index contributed by atoms with van der Waals surface area (Å²) in [5, 5.41) is -0.137. The first kappa shape index (κ1) is 34.2. The Kier molecular flexibility index (Phi) is 11.3. The molecule has 3 aliphatic rings. The maximum Gasteiger partial charge on any atom is 0.269 e. The van der Waals surface area contributed by atoms with Gasteiger partial charge in [0.15, 0.2) is 0 Å². The number of amides is 2. The predicted octanol–water partition coefficient (Wildman–Crippen LogP) is 5.19. The Morgan fingerprint density at radius 3 is 2.72 bits per heavy atom. The number of carbonyl (C=O) groups is 2. The van der Waals surface area contributed by atoms with Gasteiger partial charge in [-0.2, -0.15) is 0 Å². The molecule has 2 bridgehead atoms. The third-order valence-corrected chi connectivity index (χ3v) is 11.7. The lowest BCUT2D eigenvalue weighted by Crippen LogP contribution is -2.45. The van der Waals surface area contributed by atoms with Crippen molar-refractivity contribution in [1.82, 2.24) is 10.2 Å². The van der Waals surface area contributed by atoms with Crippen LogP contribution in [0.5, 0.6) is 5.75 Å². The molecule has 5 atom stereocenters. The smallest absolute Gasteiger partial charge is 0.269 e. The molecule has 1 saturated carbocycles. The Morgan fingerprint density at radius 1 is 1.13 bits per heavy atom. The fourth-order valence-corrected chi connectivity index (χ4v) is 7.94. The molecule has 250 valence electrons. The van der Waals surface area contributed by atoms with Crippen LogP contribution in [0.25, 0.3) is 0 Å². The quantitative estimate of drug-likeness (QED) is 0.336. The molecule has 12 heteroatoms. The van der Waals surface area contributed by atoms with Crippen molar-refractivity contribution in [2.45, 2.75) is 70.3 Å². The molecule has 2 aromatic carbocycles. The van der Waals surface area contributed by atoms with E-state index >= 15 is 0 Å². The number of nitrogens with one attached hydrogen (secondary N) is 2. The third kappa shape index (κ3) is 8.23. The number of hydrogen-bond donors (Lipinski definition) is 2. The number of nitrogens with zero attached hydrogens (tertiary/aromatic N) is 1. The average Bonchev–Trinajstić information content (AvgIpc) is 3.04. The molecule has 0 radical (unpaired) electrons. The van der Waals surface area contributed by atoms with E-state index in [0.717, 1.165) is 48.9 Å². The molecular formula is C34H44ClN3O7S. The Morgan fingerprint density at radius 2 is 1.96 bits per heavy atom. The fraction of sp³-hybridized carbons (Fsp3) is 0.529. The number of hydroxylamine groups is 1. The van der Waals surface area contributed by atoms with Crippen molar-refractivity contribution in [2.24, 2.45) is 17.8 Å². The maximum atomic E-state index is 13.4. The van der Waals surface area contributed by atoms with Gasteiger partial charge in [-0.3, -0.25) is 14.4 Å². The van der Waals surface area contributed by atoms with E-state index < -0.39 is 21.2 Å². The summed E-state index contributed by atoms with van der Waals surface area (Å²) >= 11 is 6.33. The number of halogens is 1. The van der Waals surface area contributed by atoms with Crippen LogP contribution in [0.15, 0.2) is 48.6 Å². The molecule has 5 rings (SSSR count). The van der Waals surface area contributed by atoms with Crippen LogP contribution < -0.4 is 19.8 Å². The number of rotatable bonds is 4. The highest BCUT2D eigenvalue weighted by molar-refractivity contribution is 7.90. The zero-order valence-corrected chi connectivity index (χ0v) is 28.2. The molecule has 2 heterocycles. The first-order valence-electron chi connectivity index (χ1n) is 16.0. The Hall–Kier alpha value is -3.12. The van der Waals surface area contributed by atoms with E-state index in [0.29, 0.717) is 36.9 Å². The molecule has 1 aliphatic carbocycles. The minimum absolute atomic E-state index is 0.149. The molecule has 2 amide bonds. The van der Waals surface area contributed by atoms with Gasteiger partial charge in [-0.25, -0.2) is 18.6 Å². The van der Waals surface area contributed by atoms with Crippen molar-refractivity contribution in [3.63, 3.8) is 0 Å². The van der Waals surface area contributed by atoms with Gasteiger partial charge in [0.05, 0.1) is 24.2 Å². The molecule has 0 aromatic heterocycles. The van der Waals surface area contributed by atoms with E-state index in [9.17, 15) is 18.0 Å². The highest BCUT2D eigenvalue weighted by Gasteiger charge is 2.39. The number of anilines is 1. The molecule has 2 aromatic rings. The van der Waals surface area contributed by atoms with Crippen molar-refractivity contribution in [3.8, 4) is 5.75 Å². The van der Waals surface area contributed by atoms with E-state index in [1.54, 1.807) is 25.1 Å². The largest absolute Gasteiger partial charge is 0.487 e. The Balaban J connectivity index is 1.52. The molecule has 1 fully saturated rings. The van der Waals surface area contributed by atoms with Crippen molar-refractivity contribution >= 4 is 39.1 Å². The summed E-state index contributed by atoms with van der Waals surface area (Å²) in [7, 11) is -2.60. The van der Waals surface area contributed by atoms with Gasteiger partial charge >= 0.3 is 0 Å². The van der Waals surface area contributed by atoms with Gasteiger partial charge in [0.2, 0.25) is 10.0 Å². The fourth-order valence-electron chi connectivity index (χ4n) is 6.46. The van der Waals surface area contributed by atoms with Crippen molar-refractivity contribution in [3.05, 3.63) is 70.3 Å². The van der Waals surface area contributed by atoms with Gasteiger partial charge in [0, 0.05) is 23.7 Å². The van der Waals surface area contributed by atoms with Gasteiger partial charge in [0.1, 0.15) is 19.0 Å². The first-order valence-corrected chi connectivity index (χ1v) is 17.9. The number of aryl methyl sites for hydroxylation is 1. The van der Waals surface area contributed by atoms with E-state index in [1.165, 1.54) is 7.11 Å². The lowest BCUT2D eigenvalue weighted by molar-refractivity contribution is -0.139. The summed E-state index contributed by atoms with van der Waals surface area (Å²) in [4.78, 5) is 32.6. The minimum Gasteiger partial charge on any atom is -0.487 e. The number of fused-ring (bicyclic) bond motifs is 3. The molecule has 46 heavy (non-hydrogen) atoms. The topological polar surface area (TPSA) is 123 Å². The SMILES string of the molecule is CONC(=O)CO[C@H]1/C=C/C[C@H](C)[C@@H](C)S(=O)(=O)NC(=O)c2ccc3c(c2)N(CCCCc2cc(Cl)ccc2CO3)C[C@@H]2CC[C@H]21. The second-order valence-electron chi connectivity index (χ2n) is 12.6. The van der Waals surface area contributed by atoms with Gasteiger partial charge in [-0.1, -0.05) is 36.7 Å². The maximum absolute atomic E-state index is 13.4. The average molecular weight is 674 g/mol. The summed E-state index contributed by atoms with van der Waals surface area (Å²) in [6, 6.07) is 11.0. The third-order valence-electron chi connectivity index (χ3n) is 9.57. The van der Waals surface area contributed by atoms with Gasteiger partial charge < -0.3 is 14.4 Å². The lowest BCUT2D eigenvalue weighted by atomic mass is 9.70. The minimum atomic E-state index is -3.97. The standard InChI is InChI=1S/C34H44ClN3O7S/c1-22-7-6-9-31(45-21-33(39)36-43-3)29-14-11-26(29)19-38-16-5-4-8-24-17-28(35)13-10-27(24)20-44-32-15-12-25(18-30(32)38)34(40)37-46(41,42)23(22)2/h6,9-10,12-13,15,17-18,22-23,26,29,31H,4-5,7-8,11,14,16,19-21H2,1-3H3,(H,36,39)(H,37,40)/b9-6+/t22-,23+,26-,29+,31-/m0/s1. The molecule has 10 nitrogen and oxygen atoms in total. The van der Waals surface area contributed by atoms with Crippen LogP contribution in [0.1, 0.15) is 67.4 Å². The lowest BCUT2D eigenvalue weighted by Gasteiger charge is -2.44. The van der Waals surface area contributed by atoms with E-state index in [1.807, 2.05) is 37.3 Å². The molecule has 2 aliphatic heterocycles. The summed E-state index contributed by atoms with van der Waals surface area (Å²) in [6.45, 7) is 5.03. The Labute approximate surface area is 276 Å². The number of carbonyl (C=O) groups excluding carboxylic acids is 2. The second kappa shape index (κ2) is 15.2. The summed E-state index contributed by atoms with van der Waals surface area (Å²) < 4.78 is 41.5. The van der Waals surface area contributed by atoms with Crippen molar-refractivity contribution in [1.29, 1.82) is 0 Å². The number of hydrogen-bond acceptors (Lipinski definition) is 8. The Bertz CT molecular complexity index is 1550. The highest BCUT2D eigenvalue weighted by atomic mass is 35.5. The second-order valence-corrected chi connectivity index (χ2v) is 15.1. The number of ether oxygens (including phenoxy) is 2. The molecule has 0 spiro atoms. The van der Waals surface area contributed by atoms with Gasteiger partial charge in [0.25, 0.3) is 11.8 Å². The molecule has 0 saturated heterocycles. The van der Waals surface area contributed by atoms with Crippen LogP contribution in [-0.4, -0.2) is 58.4 Å². The van der Waals surface area contributed by atoms with Gasteiger partial charge in [-0.15, -0.1) is 0 Å². The summed E-state index contributed by atoms with van der Waals surface area (Å²) in [5.41, 5.74) is 5.51. The van der Waals surface area contributed by atoms with Gasteiger partial charge in [-0.05, 0) is 105 Å². The summed E-state index contributed by atoms with van der Waals surface area (Å²) in [5.74, 6) is -0.297. The first-order chi connectivity index (χ1) is 22.1. The summed E-state index contributed by atoms with van der Waals surface area (Å²) in [6.07, 6.45) is 8.64. The number of allylic oxidation sites excluding steroid dienone is 1. The number of benzene rings is 2. The molecule has 0 unspecified atom stereocenters. The molecular weight excluding hydrogens is 630 g/mol. The van der Waals surface area contributed by atoms with Crippen LogP contribution in [0.3, 0.4) is 0 Å². The zero-order valence-electron chi connectivity index (χ0n) is 26.7. The number of sulfonamides is 1.